The van der Waals surface area contributed by atoms with E-state index in [1.807, 2.05) is 30.3 Å². The fourth-order valence-electron chi connectivity index (χ4n) is 2.30. The number of esters is 1. The van der Waals surface area contributed by atoms with Crippen LogP contribution in [0.1, 0.15) is 16.1 Å². The fraction of sp³-hybridized carbons (Fsp3) is 0.111. The molecule has 1 N–H and O–H groups in total. The molecule has 2 aromatic carbocycles. The van der Waals surface area contributed by atoms with E-state index in [9.17, 15) is 9.59 Å². The van der Waals surface area contributed by atoms with Gasteiger partial charge in [-0.2, -0.15) is 0 Å². The van der Waals surface area contributed by atoms with Crippen LogP contribution < -0.4 is 5.32 Å². The van der Waals surface area contributed by atoms with Crippen molar-refractivity contribution in [3.05, 3.63) is 63.4 Å². The van der Waals surface area contributed by atoms with E-state index in [-0.39, 0.29) is 12.4 Å². The zero-order valence-corrected chi connectivity index (χ0v) is 15.0. The summed E-state index contributed by atoms with van der Waals surface area (Å²) >= 11 is 2.18. The maximum Gasteiger partial charge on any atom is 0.375 e. The Labute approximate surface area is 152 Å². The van der Waals surface area contributed by atoms with Gasteiger partial charge in [-0.25, -0.2) is 4.79 Å². The van der Waals surface area contributed by atoms with Crippen molar-refractivity contribution in [2.45, 2.75) is 6.92 Å². The highest BCUT2D eigenvalue weighted by atomic mass is 127. The van der Waals surface area contributed by atoms with Gasteiger partial charge in [0.15, 0.2) is 6.61 Å². The summed E-state index contributed by atoms with van der Waals surface area (Å²) in [5.41, 5.74) is 1.97. The molecular weight excluding hydrogens is 421 g/mol. The Balaban J connectivity index is 1.63. The standard InChI is InChI=1S/C18H14INO4/c1-11-14-4-2-3-5-15(14)24-17(11)18(22)23-10-16(21)20-13-8-6-12(19)7-9-13/h2-9H,10H2,1H3,(H,20,21). The smallest absolute Gasteiger partial charge is 0.375 e. The largest absolute Gasteiger partial charge is 0.450 e. The Morgan fingerprint density at radius 3 is 2.54 bits per heavy atom. The Hall–Kier alpha value is -2.35. The summed E-state index contributed by atoms with van der Waals surface area (Å²) in [6.45, 7) is 1.41. The molecule has 0 aliphatic carbocycles. The third kappa shape index (κ3) is 3.59. The first-order valence-electron chi connectivity index (χ1n) is 7.25. The van der Waals surface area contributed by atoms with Crippen molar-refractivity contribution in [1.82, 2.24) is 0 Å². The van der Waals surface area contributed by atoms with Gasteiger partial charge in [0.05, 0.1) is 0 Å². The lowest BCUT2D eigenvalue weighted by Crippen LogP contribution is -2.21. The van der Waals surface area contributed by atoms with Gasteiger partial charge in [-0.1, -0.05) is 18.2 Å². The van der Waals surface area contributed by atoms with Crippen molar-refractivity contribution < 1.29 is 18.7 Å². The highest BCUT2D eigenvalue weighted by Crippen LogP contribution is 2.25. The Morgan fingerprint density at radius 1 is 1.12 bits per heavy atom. The number of carbonyl (C=O) groups is 2. The maximum absolute atomic E-state index is 12.1. The lowest BCUT2D eigenvalue weighted by Gasteiger charge is -2.06. The summed E-state index contributed by atoms with van der Waals surface area (Å²) in [7, 11) is 0. The highest BCUT2D eigenvalue weighted by molar-refractivity contribution is 14.1. The van der Waals surface area contributed by atoms with E-state index in [4.69, 9.17) is 9.15 Å². The van der Waals surface area contributed by atoms with Crippen LogP contribution in [0.3, 0.4) is 0 Å². The van der Waals surface area contributed by atoms with Gasteiger partial charge in [0.1, 0.15) is 5.58 Å². The molecule has 0 aliphatic rings. The molecule has 0 radical (unpaired) electrons. The Morgan fingerprint density at radius 2 is 1.83 bits per heavy atom. The molecule has 0 unspecified atom stereocenters. The van der Waals surface area contributed by atoms with E-state index in [1.165, 1.54) is 0 Å². The molecule has 5 nitrogen and oxygen atoms in total. The van der Waals surface area contributed by atoms with Gasteiger partial charge in [0.2, 0.25) is 5.76 Å². The van der Waals surface area contributed by atoms with Gasteiger partial charge in [-0.3, -0.25) is 4.79 Å². The normalized spacial score (nSPS) is 10.6. The van der Waals surface area contributed by atoms with Gasteiger partial charge < -0.3 is 14.5 Å². The van der Waals surface area contributed by atoms with E-state index in [1.54, 1.807) is 25.1 Å². The highest BCUT2D eigenvalue weighted by Gasteiger charge is 2.19. The second-order valence-corrected chi connectivity index (χ2v) is 6.43. The number of carbonyl (C=O) groups excluding carboxylic acids is 2. The van der Waals surface area contributed by atoms with Crippen LogP contribution in [0.5, 0.6) is 0 Å². The van der Waals surface area contributed by atoms with Gasteiger partial charge in [0.25, 0.3) is 5.91 Å². The minimum absolute atomic E-state index is 0.123. The number of ether oxygens (including phenoxy) is 1. The van der Waals surface area contributed by atoms with E-state index < -0.39 is 11.9 Å². The molecule has 0 atom stereocenters. The molecule has 0 spiro atoms. The van der Waals surface area contributed by atoms with Crippen LogP contribution in [0.25, 0.3) is 11.0 Å². The van der Waals surface area contributed by atoms with Gasteiger partial charge in [-0.05, 0) is 59.8 Å². The van der Waals surface area contributed by atoms with Crippen LogP contribution in [0, 0.1) is 10.5 Å². The van der Waals surface area contributed by atoms with Crippen LogP contribution in [-0.2, 0) is 9.53 Å². The number of nitrogens with one attached hydrogen (secondary N) is 1. The number of aryl methyl sites for hydroxylation is 1. The van der Waals surface area contributed by atoms with Crippen molar-refractivity contribution in [2.24, 2.45) is 0 Å². The molecule has 1 aromatic heterocycles. The molecule has 1 amide bonds. The second kappa shape index (κ2) is 7.04. The van der Waals surface area contributed by atoms with Crippen molar-refractivity contribution in [2.75, 3.05) is 11.9 Å². The molecule has 3 rings (SSSR count). The van der Waals surface area contributed by atoms with Crippen molar-refractivity contribution in [3.63, 3.8) is 0 Å². The predicted molar refractivity (Wildman–Crippen MR) is 99.0 cm³/mol. The van der Waals surface area contributed by atoms with Gasteiger partial charge >= 0.3 is 5.97 Å². The Kier molecular flexibility index (Phi) is 4.84. The number of amides is 1. The first kappa shape index (κ1) is 16.5. The molecule has 6 heteroatoms. The van der Waals surface area contributed by atoms with E-state index in [0.29, 0.717) is 16.8 Å². The molecule has 0 fully saturated rings. The van der Waals surface area contributed by atoms with Crippen LogP contribution >= 0.6 is 22.6 Å². The molecule has 0 bridgehead atoms. The summed E-state index contributed by atoms with van der Waals surface area (Å²) in [5, 5.41) is 3.52. The monoisotopic (exact) mass is 435 g/mol. The zero-order valence-electron chi connectivity index (χ0n) is 12.8. The number of hydrogen-bond acceptors (Lipinski definition) is 4. The van der Waals surface area contributed by atoms with Gasteiger partial charge in [0, 0.05) is 20.2 Å². The van der Waals surface area contributed by atoms with Crippen LogP contribution in [-0.4, -0.2) is 18.5 Å². The molecule has 0 saturated carbocycles. The quantitative estimate of drug-likeness (QED) is 0.494. The number of benzene rings is 2. The lowest BCUT2D eigenvalue weighted by molar-refractivity contribution is -0.119. The summed E-state index contributed by atoms with van der Waals surface area (Å²) < 4.78 is 11.6. The molecule has 24 heavy (non-hydrogen) atoms. The van der Waals surface area contributed by atoms with E-state index >= 15 is 0 Å². The van der Waals surface area contributed by atoms with Crippen LogP contribution in [0.2, 0.25) is 0 Å². The molecule has 3 aromatic rings. The molecule has 0 saturated heterocycles. The molecule has 1 heterocycles. The average Bonchev–Trinajstić information content (AvgIpc) is 2.92. The third-order valence-corrected chi connectivity index (χ3v) is 4.21. The number of hydrogen-bond donors (Lipinski definition) is 1. The second-order valence-electron chi connectivity index (χ2n) is 5.18. The summed E-state index contributed by atoms with van der Waals surface area (Å²) in [5.74, 6) is -0.932. The fourth-order valence-corrected chi connectivity index (χ4v) is 2.66. The van der Waals surface area contributed by atoms with Crippen molar-refractivity contribution in [3.8, 4) is 0 Å². The zero-order chi connectivity index (χ0) is 17.1. The lowest BCUT2D eigenvalue weighted by atomic mass is 10.1. The summed E-state index contributed by atoms with van der Waals surface area (Å²) in [6.07, 6.45) is 0. The SMILES string of the molecule is Cc1c(C(=O)OCC(=O)Nc2ccc(I)cc2)oc2ccccc12. The topological polar surface area (TPSA) is 68.5 Å². The summed E-state index contributed by atoms with van der Waals surface area (Å²) in [6, 6.07) is 14.7. The number of para-hydroxylation sites is 1. The predicted octanol–water partition coefficient (Wildman–Crippen LogP) is 4.14. The first-order chi connectivity index (χ1) is 11.5. The number of halogens is 1. The molecule has 122 valence electrons. The number of fused-ring (bicyclic) bond motifs is 1. The number of furan rings is 1. The van der Waals surface area contributed by atoms with Crippen LogP contribution in [0.4, 0.5) is 5.69 Å². The number of anilines is 1. The van der Waals surface area contributed by atoms with Crippen molar-refractivity contribution >= 4 is 51.1 Å². The Bertz CT molecular complexity index is 899. The number of rotatable bonds is 4. The minimum atomic E-state index is -0.651. The summed E-state index contributed by atoms with van der Waals surface area (Å²) in [4.78, 5) is 24.0. The third-order valence-electron chi connectivity index (χ3n) is 3.49. The maximum atomic E-state index is 12.1. The van der Waals surface area contributed by atoms with E-state index in [0.717, 1.165) is 8.96 Å². The van der Waals surface area contributed by atoms with Crippen LogP contribution in [0.15, 0.2) is 52.9 Å². The van der Waals surface area contributed by atoms with Crippen molar-refractivity contribution in [1.29, 1.82) is 0 Å². The first-order valence-corrected chi connectivity index (χ1v) is 8.33. The average molecular weight is 435 g/mol. The molecule has 0 aliphatic heterocycles. The van der Waals surface area contributed by atoms with Gasteiger partial charge in [-0.15, -0.1) is 0 Å². The van der Waals surface area contributed by atoms with E-state index in [2.05, 4.69) is 27.9 Å². The minimum Gasteiger partial charge on any atom is -0.450 e. The molecular formula is C18H14INO4.